The third-order valence-electron chi connectivity index (χ3n) is 4.38. The maximum Gasteiger partial charge on any atom is -0.0149 e. The van der Waals surface area contributed by atoms with Crippen molar-refractivity contribution in [2.75, 3.05) is 0 Å². The first-order valence-electron chi connectivity index (χ1n) is 7.71. The Morgan fingerprint density at radius 1 is 0.714 bits per heavy atom. The minimum Gasteiger partial charge on any atom is -0.0807 e. The van der Waals surface area contributed by atoms with Crippen LogP contribution in [0.15, 0.2) is 60.2 Å². The van der Waals surface area contributed by atoms with Gasteiger partial charge in [0.15, 0.2) is 0 Å². The molecule has 2 aromatic rings. The van der Waals surface area contributed by atoms with E-state index >= 15 is 0 Å². The molecule has 0 unspecified atom stereocenters. The van der Waals surface area contributed by atoms with Crippen molar-refractivity contribution in [3.05, 3.63) is 76.9 Å². The van der Waals surface area contributed by atoms with E-state index in [0.29, 0.717) is 0 Å². The fourth-order valence-electron chi connectivity index (χ4n) is 3.09. The molecular formula is C21H22. The molecule has 1 aliphatic rings. The molecular weight excluding hydrogens is 252 g/mol. The molecule has 0 atom stereocenters. The summed E-state index contributed by atoms with van der Waals surface area (Å²) in [6.07, 6.45) is 7.07. The highest BCUT2D eigenvalue weighted by Crippen LogP contribution is 2.34. The van der Waals surface area contributed by atoms with Gasteiger partial charge in [-0.1, -0.05) is 60.2 Å². The number of rotatable bonds is 2. The molecule has 0 nitrogen and oxygen atoms in total. The lowest BCUT2D eigenvalue weighted by Gasteiger charge is -2.18. The standard InChI is InChI=1S/C21H22/c1-15-11-13-18(14-12-15)20-9-6-10-21(17(20)3)19-8-5-4-7-16(19)2/h6-14H,4-5H2,1-3H3. The van der Waals surface area contributed by atoms with E-state index in [1.807, 2.05) is 0 Å². The summed E-state index contributed by atoms with van der Waals surface area (Å²) in [5.41, 5.74) is 9.52. The summed E-state index contributed by atoms with van der Waals surface area (Å²) in [5, 5.41) is 0. The molecule has 21 heavy (non-hydrogen) atoms. The molecule has 106 valence electrons. The highest BCUT2D eigenvalue weighted by atomic mass is 14.2. The minimum absolute atomic E-state index is 1.15. The lowest BCUT2D eigenvalue weighted by Crippen LogP contribution is -1.96. The molecule has 0 fully saturated rings. The molecule has 0 heteroatoms. The Bertz CT molecular complexity index is 712. The second-order valence-corrected chi connectivity index (χ2v) is 5.93. The molecule has 0 heterocycles. The van der Waals surface area contributed by atoms with Crippen LogP contribution in [-0.4, -0.2) is 0 Å². The molecule has 0 aromatic heterocycles. The third-order valence-corrected chi connectivity index (χ3v) is 4.38. The normalized spacial score (nSPS) is 14.6. The third kappa shape index (κ3) is 2.71. The fraction of sp³-hybridized carbons (Fsp3) is 0.238. The van der Waals surface area contributed by atoms with Crippen molar-refractivity contribution in [1.29, 1.82) is 0 Å². The molecule has 1 aliphatic carbocycles. The Morgan fingerprint density at radius 3 is 2.10 bits per heavy atom. The maximum absolute atomic E-state index is 2.39. The number of allylic oxidation sites excluding steroid dienone is 4. The number of aryl methyl sites for hydroxylation is 1. The SMILES string of the molecule is CC1=CCCC=C1c1cccc(-c2ccc(C)cc2)c1C. The van der Waals surface area contributed by atoms with Gasteiger partial charge in [0.1, 0.15) is 0 Å². The highest BCUT2D eigenvalue weighted by molar-refractivity contribution is 5.84. The zero-order valence-electron chi connectivity index (χ0n) is 13.1. The summed E-state index contributed by atoms with van der Waals surface area (Å²) >= 11 is 0. The summed E-state index contributed by atoms with van der Waals surface area (Å²) in [4.78, 5) is 0. The lowest BCUT2D eigenvalue weighted by molar-refractivity contribution is 1.02. The quantitative estimate of drug-likeness (QED) is 0.621. The van der Waals surface area contributed by atoms with Crippen LogP contribution in [0, 0.1) is 13.8 Å². The van der Waals surface area contributed by atoms with Gasteiger partial charge in [-0.3, -0.25) is 0 Å². The topological polar surface area (TPSA) is 0 Å². The van der Waals surface area contributed by atoms with Crippen molar-refractivity contribution in [2.24, 2.45) is 0 Å². The van der Waals surface area contributed by atoms with Gasteiger partial charge in [0.25, 0.3) is 0 Å². The monoisotopic (exact) mass is 274 g/mol. The molecule has 3 rings (SSSR count). The number of hydrogen-bond acceptors (Lipinski definition) is 0. The van der Waals surface area contributed by atoms with Gasteiger partial charge in [0, 0.05) is 0 Å². The molecule has 0 bridgehead atoms. The van der Waals surface area contributed by atoms with Crippen molar-refractivity contribution in [3.63, 3.8) is 0 Å². The molecule has 0 amide bonds. The van der Waals surface area contributed by atoms with Gasteiger partial charge in [-0.2, -0.15) is 0 Å². The Labute approximate surface area is 127 Å². The van der Waals surface area contributed by atoms with Crippen molar-refractivity contribution >= 4 is 5.57 Å². The average molecular weight is 274 g/mol. The van der Waals surface area contributed by atoms with E-state index in [9.17, 15) is 0 Å². The average Bonchev–Trinajstić information content (AvgIpc) is 2.50. The van der Waals surface area contributed by atoms with Crippen LogP contribution in [0.2, 0.25) is 0 Å². The molecule has 0 radical (unpaired) electrons. The van der Waals surface area contributed by atoms with Gasteiger partial charge in [-0.15, -0.1) is 0 Å². The predicted molar refractivity (Wildman–Crippen MR) is 92.3 cm³/mol. The molecule has 0 saturated carbocycles. The van der Waals surface area contributed by atoms with Gasteiger partial charge in [0.2, 0.25) is 0 Å². The molecule has 0 N–H and O–H groups in total. The highest BCUT2D eigenvalue weighted by Gasteiger charge is 2.12. The Kier molecular flexibility index (Phi) is 3.79. The van der Waals surface area contributed by atoms with E-state index in [1.54, 1.807) is 0 Å². The Balaban J connectivity index is 2.09. The summed E-state index contributed by atoms with van der Waals surface area (Å²) in [7, 11) is 0. The predicted octanol–water partition coefficient (Wildman–Crippen LogP) is 6.09. The van der Waals surface area contributed by atoms with Gasteiger partial charge in [-0.25, -0.2) is 0 Å². The van der Waals surface area contributed by atoms with Gasteiger partial charge >= 0.3 is 0 Å². The van der Waals surface area contributed by atoms with Gasteiger partial charge in [0.05, 0.1) is 0 Å². The summed E-state index contributed by atoms with van der Waals surface area (Å²) in [6.45, 7) is 6.60. The first-order chi connectivity index (χ1) is 10.2. The van der Waals surface area contributed by atoms with Gasteiger partial charge < -0.3 is 0 Å². The zero-order valence-corrected chi connectivity index (χ0v) is 13.1. The fourth-order valence-corrected chi connectivity index (χ4v) is 3.09. The Hall–Kier alpha value is -2.08. The smallest absolute Gasteiger partial charge is 0.0149 e. The summed E-state index contributed by atoms with van der Waals surface area (Å²) < 4.78 is 0. The van der Waals surface area contributed by atoms with Crippen LogP contribution in [0.3, 0.4) is 0 Å². The lowest BCUT2D eigenvalue weighted by atomic mass is 9.87. The van der Waals surface area contributed by atoms with E-state index in [4.69, 9.17) is 0 Å². The molecule has 0 spiro atoms. The van der Waals surface area contributed by atoms with Crippen LogP contribution in [0.4, 0.5) is 0 Å². The molecule has 0 saturated heterocycles. The number of hydrogen-bond donors (Lipinski definition) is 0. The van der Waals surface area contributed by atoms with Gasteiger partial charge in [-0.05, 0) is 67.0 Å². The first kappa shape index (κ1) is 13.9. The van der Waals surface area contributed by atoms with Crippen LogP contribution in [-0.2, 0) is 0 Å². The summed E-state index contributed by atoms with van der Waals surface area (Å²) in [6, 6.07) is 15.5. The minimum atomic E-state index is 1.15. The van der Waals surface area contributed by atoms with Crippen LogP contribution < -0.4 is 0 Å². The number of benzene rings is 2. The first-order valence-corrected chi connectivity index (χ1v) is 7.71. The van der Waals surface area contributed by atoms with Crippen LogP contribution >= 0.6 is 0 Å². The van der Waals surface area contributed by atoms with Crippen molar-refractivity contribution in [1.82, 2.24) is 0 Å². The molecule has 2 aromatic carbocycles. The van der Waals surface area contributed by atoms with E-state index in [0.717, 1.165) is 6.42 Å². The van der Waals surface area contributed by atoms with E-state index in [1.165, 1.54) is 45.4 Å². The summed E-state index contributed by atoms with van der Waals surface area (Å²) in [5.74, 6) is 0. The second-order valence-electron chi connectivity index (χ2n) is 5.93. The largest absolute Gasteiger partial charge is 0.0807 e. The Morgan fingerprint density at radius 2 is 1.38 bits per heavy atom. The second kappa shape index (κ2) is 5.73. The van der Waals surface area contributed by atoms with Crippen LogP contribution in [0.1, 0.15) is 36.5 Å². The molecule has 0 aliphatic heterocycles. The zero-order chi connectivity index (χ0) is 14.8. The van der Waals surface area contributed by atoms with Crippen LogP contribution in [0.5, 0.6) is 0 Å². The maximum atomic E-state index is 2.39. The van der Waals surface area contributed by atoms with Crippen molar-refractivity contribution < 1.29 is 0 Å². The van der Waals surface area contributed by atoms with Crippen LogP contribution in [0.25, 0.3) is 16.7 Å². The van der Waals surface area contributed by atoms with Crippen molar-refractivity contribution in [2.45, 2.75) is 33.6 Å². The van der Waals surface area contributed by atoms with E-state index in [2.05, 4.69) is 75.4 Å². The van der Waals surface area contributed by atoms with E-state index < -0.39 is 0 Å². The van der Waals surface area contributed by atoms with Crippen molar-refractivity contribution in [3.8, 4) is 11.1 Å². The van der Waals surface area contributed by atoms with E-state index in [-0.39, 0.29) is 0 Å².